The second-order valence-corrected chi connectivity index (χ2v) is 8.46. The number of hydrogen-bond donors (Lipinski definition) is 2. The summed E-state index contributed by atoms with van der Waals surface area (Å²) in [4.78, 5) is 37.1. The molecule has 0 saturated carbocycles. The van der Waals surface area contributed by atoms with Crippen molar-refractivity contribution in [1.29, 1.82) is 0 Å². The molecule has 8 nitrogen and oxygen atoms in total. The largest absolute Gasteiger partial charge is 0.478 e. The third-order valence-corrected chi connectivity index (χ3v) is 6.06. The van der Waals surface area contributed by atoms with Crippen LogP contribution in [-0.2, 0) is 25.3 Å². The number of fused-ring (bicyclic) bond motifs is 2. The van der Waals surface area contributed by atoms with Gasteiger partial charge in [-0.25, -0.2) is 9.59 Å². The highest BCUT2D eigenvalue weighted by molar-refractivity contribution is 7.99. The van der Waals surface area contributed by atoms with Gasteiger partial charge in [-0.2, -0.15) is 13.2 Å². The zero-order valence-corrected chi connectivity index (χ0v) is 19.0. The maximum Gasteiger partial charge on any atom is 0.416 e. The minimum Gasteiger partial charge on any atom is -0.478 e. The Morgan fingerprint density at radius 2 is 1.54 bits per heavy atom. The number of benzene rings is 2. The van der Waals surface area contributed by atoms with Crippen LogP contribution in [-0.4, -0.2) is 65.8 Å². The van der Waals surface area contributed by atoms with Crippen LogP contribution >= 0.6 is 11.8 Å². The van der Waals surface area contributed by atoms with Gasteiger partial charge in [-0.1, -0.05) is 23.9 Å². The molecular weight excluding hydrogens is 489 g/mol. The van der Waals surface area contributed by atoms with Gasteiger partial charge in [0.05, 0.1) is 36.7 Å². The lowest BCUT2D eigenvalue weighted by Crippen LogP contribution is -2.44. The van der Waals surface area contributed by atoms with E-state index in [0.29, 0.717) is 49.0 Å². The molecule has 1 amide bonds. The van der Waals surface area contributed by atoms with Crippen molar-refractivity contribution in [3.63, 3.8) is 0 Å². The molecule has 12 heteroatoms. The number of anilines is 2. The Hall–Kier alpha value is -3.35. The zero-order chi connectivity index (χ0) is 25.6. The fourth-order valence-electron chi connectivity index (χ4n) is 3.36. The van der Waals surface area contributed by atoms with Gasteiger partial charge in [-0.3, -0.25) is 14.6 Å². The summed E-state index contributed by atoms with van der Waals surface area (Å²) in [6.07, 6.45) is -3.35. The van der Waals surface area contributed by atoms with E-state index >= 15 is 0 Å². The molecule has 0 aliphatic carbocycles. The zero-order valence-electron chi connectivity index (χ0n) is 18.2. The predicted octanol–water partition coefficient (Wildman–Crippen LogP) is 3.88. The maximum atomic E-state index is 13.2. The lowest BCUT2D eigenvalue weighted by Gasteiger charge is -2.34. The number of hydrogen-bond acceptors (Lipinski definition) is 6. The number of carboxylic acid groups (broad SMARTS) is 2. The first-order valence-electron chi connectivity index (χ1n) is 10.3. The van der Waals surface area contributed by atoms with Crippen molar-refractivity contribution >= 4 is 41.0 Å². The third-order valence-electron chi connectivity index (χ3n) is 4.93. The maximum absolute atomic E-state index is 13.2. The Balaban J connectivity index is 0.000000371. The average Bonchev–Trinajstić information content (AvgIpc) is 2.81. The van der Waals surface area contributed by atoms with Crippen molar-refractivity contribution in [2.75, 3.05) is 37.7 Å². The van der Waals surface area contributed by atoms with Crippen LogP contribution in [0.4, 0.5) is 24.5 Å². The number of carboxylic acids is 2. The number of para-hydroxylation sites is 1. The second-order valence-electron chi connectivity index (χ2n) is 7.38. The van der Waals surface area contributed by atoms with E-state index in [-0.39, 0.29) is 18.1 Å². The quantitative estimate of drug-likeness (QED) is 0.597. The molecule has 2 N–H and O–H groups in total. The number of amides is 1. The first-order chi connectivity index (χ1) is 16.6. The normalized spacial score (nSPS) is 15.6. The molecule has 186 valence electrons. The van der Waals surface area contributed by atoms with E-state index in [9.17, 15) is 27.6 Å². The number of aliphatic carboxylic acids is 2. The summed E-state index contributed by atoms with van der Waals surface area (Å²) in [5.74, 6) is -2.76. The number of nitrogens with zero attached hydrogens (tertiary/aromatic N) is 2. The van der Waals surface area contributed by atoms with Gasteiger partial charge in [-0.05, 0) is 30.3 Å². The van der Waals surface area contributed by atoms with Gasteiger partial charge < -0.3 is 14.9 Å². The lowest BCUT2D eigenvalue weighted by atomic mass is 10.1. The van der Waals surface area contributed by atoms with E-state index in [1.165, 1.54) is 22.7 Å². The van der Waals surface area contributed by atoms with Crippen LogP contribution in [0.2, 0.25) is 0 Å². The summed E-state index contributed by atoms with van der Waals surface area (Å²) in [5, 5.41) is 15.6. The molecule has 1 fully saturated rings. The fraction of sp³-hybridized carbons (Fsp3) is 0.261. The minimum absolute atomic E-state index is 0.137. The van der Waals surface area contributed by atoms with Crippen LogP contribution < -0.4 is 4.90 Å². The van der Waals surface area contributed by atoms with Crippen LogP contribution in [0.3, 0.4) is 0 Å². The van der Waals surface area contributed by atoms with Crippen LogP contribution in [0, 0.1) is 0 Å². The Morgan fingerprint density at radius 1 is 0.943 bits per heavy atom. The standard InChI is InChI=1S/C19H17F3N2O2S.C4H4O4/c20-19(21,22)13-5-6-17-15(11-13)24(14-3-1-2-4-16(14)27-17)18(25)12-23-7-9-26-10-8-23;5-3(6)1-2-4(7)8/h1-6,11H,7-10,12H2;1-2H,(H,5,6)(H,7,8)/b;2-1+. The van der Waals surface area contributed by atoms with E-state index in [1.54, 1.807) is 12.1 Å². The number of alkyl halides is 3. The molecule has 4 rings (SSSR count). The second kappa shape index (κ2) is 11.4. The Labute approximate surface area is 202 Å². The molecule has 0 aromatic heterocycles. The van der Waals surface area contributed by atoms with Gasteiger partial charge in [0, 0.05) is 35.0 Å². The van der Waals surface area contributed by atoms with Gasteiger partial charge in [0.2, 0.25) is 5.91 Å². The summed E-state index contributed by atoms with van der Waals surface area (Å²) >= 11 is 1.37. The molecule has 0 bridgehead atoms. The number of carbonyl (C=O) groups is 3. The van der Waals surface area contributed by atoms with E-state index < -0.39 is 23.7 Å². The Bertz CT molecular complexity index is 1120. The number of halogens is 3. The summed E-state index contributed by atoms with van der Waals surface area (Å²) in [6.45, 7) is 2.50. The van der Waals surface area contributed by atoms with Crippen LogP contribution in [0.25, 0.3) is 0 Å². The van der Waals surface area contributed by atoms with Crippen LogP contribution in [0.5, 0.6) is 0 Å². The molecule has 0 spiro atoms. The smallest absolute Gasteiger partial charge is 0.416 e. The van der Waals surface area contributed by atoms with Gasteiger partial charge in [0.25, 0.3) is 0 Å². The Morgan fingerprint density at radius 3 is 2.14 bits per heavy atom. The van der Waals surface area contributed by atoms with Crippen molar-refractivity contribution in [3.05, 3.63) is 60.2 Å². The van der Waals surface area contributed by atoms with Crippen molar-refractivity contribution < 1.29 is 42.5 Å². The monoisotopic (exact) mass is 510 g/mol. The third kappa shape index (κ3) is 7.07. The SMILES string of the molecule is O=C(CN1CCOCC1)N1c2ccccc2Sc2ccc(C(F)(F)F)cc21.O=C(O)/C=C/C(=O)O. The average molecular weight is 510 g/mol. The summed E-state index contributed by atoms with van der Waals surface area (Å²) in [5.41, 5.74) is 0.143. The molecular formula is C23H21F3N2O6S. The number of ether oxygens (including phenoxy) is 1. The number of rotatable bonds is 4. The first-order valence-corrected chi connectivity index (χ1v) is 11.1. The number of carbonyl (C=O) groups excluding carboxylic acids is 1. The highest BCUT2D eigenvalue weighted by atomic mass is 32.2. The van der Waals surface area contributed by atoms with E-state index in [4.69, 9.17) is 14.9 Å². The summed E-state index contributed by atoms with van der Waals surface area (Å²) < 4.78 is 45.0. The molecule has 0 radical (unpaired) electrons. The highest BCUT2D eigenvalue weighted by Crippen LogP contribution is 2.49. The van der Waals surface area contributed by atoms with E-state index in [1.807, 2.05) is 17.0 Å². The molecule has 35 heavy (non-hydrogen) atoms. The van der Waals surface area contributed by atoms with Crippen molar-refractivity contribution in [2.24, 2.45) is 0 Å². The summed E-state index contributed by atoms with van der Waals surface area (Å²) in [7, 11) is 0. The molecule has 2 aliphatic heterocycles. The summed E-state index contributed by atoms with van der Waals surface area (Å²) in [6, 6.07) is 10.8. The number of morpholine rings is 1. The van der Waals surface area contributed by atoms with Crippen LogP contribution in [0.15, 0.2) is 64.4 Å². The first kappa shape index (κ1) is 26.3. The van der Waals surface area contributed by atoms with E-state index in [2.05, 4.69) is 0 Å². The Kier molecular flexibility index (Phi) is 8.54. The van der Waals surface area contributed by atoms with Gasteiger partial charge in [-0.15, -0.1) is 0 Å². The van der Waals surface area contributed by atoms with Crippen molar-refractivity contribution in [1.82, 2.24) is 4.90 Å². The highest BCUT2D eigenvalue weighted by Gasteiger charge is 2.35. The molecule has 2 aromatic carbocycles. The van der Waals surface area contributed by atoms with Gasteiger partial charge in [0.15, 0.2) is 0 Å². The predicted molar refractivity (Wildman–Crippen MR) is 121 cm³/mol. The van der Waals surface area contributed by atoms with Gasteiger partial charge >= 0.3 is 18.1 Å². The molecule has 1 saturated heterocycles. The molecule has 2 aliphatic rings. The lowest BCUT2D eigenvalue weighted by molar-refractivity contribution is -0.137. The molecule has 0 atom stereocenters. The van der Waals surface area contributed by atoms with Crippen molar-refractivity contribution in [2.45, 2.75) is 16.0 Å². The topological polar surface area (TPSA) is 107 Å². The van der Waals surface area contributed by atoms with Gasteiger partial charge in [0.1, 0.15) is 0 Å². The fourth-order valence-corrected chi connectivity index (χ4v) is 4.40. The molecule has 0 unspecified atom stereocenters. The van der Waals surface area contributed by atoms with E-state index in [0.717, 1.165) is 17.0 Å². The molecule has 2 aromatic rings. The molecule has 2 heterocycles. The minimum atomic E-state index is -4.46. The van der Waals surface area contributed by atoms with Crippen molar-refractivity contribution in [3.8, 4) is 0 Å². The van der Waals surface area contributed by atoms with Crippen LogP contribution in [0.1, 0.15) is 5.56 Å².